The second kappa shape index (κ2) is 6.12. The Bertz CT molecular complexity index is 771. The van der Waals surface area contributed by atoms with Gasteiger partial charge in [0.1, 0.15) is 5.75 Å². The third-order valence-corrected chi connectivity index (χ3v) is 4.23. The van der Waals surface area contributed by atoms with E-state index in [0.717, 1.165) is 5.56 Å². The molecule has 0 saturated carbocycles. The third kappa shape index (κ3) is 2.90. The Morgan fingerprint density at radius 2 is 2.04 bits per heavy atom. The van der Waals surface area contributed by atoms with Crippen LogP contribution in [0.5, 0.6) is 5.75 Å². The molecule has 5 nitrogen and oxygen atoms in total. The average Bonchev–Trinajstić information content (AvgIpc) is 2.57. The van der Waals surface area contributed by atoms with Gasteiger partial charge in [0.15, 0.2) is 0 Å². The molecule has 0 aromatic heterocycles. The minimum atomic E-state index is -0.334. The largest absolute Gasteiger partial charge is 0.497 e. The molecule has 3 rings (SSSR count). The molecule has 0 N–H and O–H groups in total. The lowest BCUT2D eigenvalue weighted by atomic mass is 9.91. The van der Waals surface area contributed by atoms with Crippen molar-refractivity contribution in [2.75, 3.05) is 14.2 Å². The van der Waals surface area contributed by atoms with Crippen molar-refractivity contribution in [3.05, 3.63) is 75.5 Å². The highest BCUT2D eigenvalue weighted by Crippen LogP contribution is 2.35. The molecule has 0 aliphatic carbocycles. The zero-order valence-corrected chi connectivity index (χ0v) is 13.1. The van der Waals surface area contributed by atoms with Crippen LogP contribution in [0.3, 0.4) is 0 Å². The number of benzene rings is 2. The van der Waals surface area contributed by atoms with Crippen LogP contribution < -0.4 is 4.74 Å². The van der Waals surface area contributed by atoms with E-state index in [2.05, 4.69) is 23.1 Å². The molecule has 2 aromatic rings. The Kier molecular flexibility index (Phi) is 4.02. The molecular formula is C18H18N2O3. The van der Waals surface area contributed by atoms with E-state index < -0.39 is 0 Å². The van der Waals surface area contributed by atoms with Crippen LogP contribution in [-0.2, 0) is 6.42 Å². The number of rotatable bonds is 4. The first kappa shape index (κ1) is 15.1. The zero-order valence-electron chi connectivity index (χ0n) is 13.1. The molecule has 23 heavy (non-hydrogen) atoms. The van der Waals surface area contributed by atoms with Crippen molar-refractivity contribution < 1.29 is 9.66 Å². The van der Waals surface area contributed by atoms with Crippen molar-refractivity contribution in [1.29, 1.82) is 0 Å². The Balaban J connectivity index is 2.01. The van der Waals surface area contributed by atoms with E-state index in [1.165, 1.54) is 11.6 Å². The standard InChI is InChI=1S/C18H18N2O3/c1-19-10-9-13-5-3-4-6-16(13)18(19)12-14-11-15(23-2)7-8-17(14)20(21)22/h3-11,18H,12H2,1-2H3. The number of nitrogens with zero attached hydrogens (tertiary/aromatic N) is 2. The highest BCUT2D eigenvalue weighted by molar-refractivity contribution is 5.57. The molecule has 118 valence electrons. The van der Waals surface area contributed by atoms with Crippen LogP contribution in [-0.4, -0.2) is 24.0 Å². The Labute approximate surface area is 135 Å². The number of fused-ring (bicyclic) bond motifs is 1. The second-order valence-corrected chi connectivity index (χ2v) is 5.58. The smallest absolute Gasteiger partial charge is 0.272 e. The molecule has 2 aromatic carbocycles. The average molecular weight is 310 g/mol. The van der Waals surface area contributed by atoms with E-state index in [9.17, 15) is 10.1 Å². The summed E-state index contributed by atoms with van der Waals surface area (Å²) in [5.41, 5.74) is 3.14. The lowest BCUT2D eigenvalue weighted by Gasteiger charge is -2.32. The van der Waals surface area contributed by atoms with Crippen molar-refractivity contribution in [2.24, 2.45) is 0 Å². The minimum absolute atomic E-state index is 0.0574. The van der Waals surface area contributed by atoms with Crippen molar-refractivity contribution in [3.63, 3.8) is 0 Å². The number of nitro benzene ring substituents is 1. The van der Waals surface area contributed by atoms with Crippen LogP contribution >= 0.6 is 0 Å². The maximum absolute atomic E-state index is 11.3. The molecule has 1 aliphatic rings. The van der Waals surface area contributed by atoms with Gasteiger partial charge in [0.05, 0.1) is 18.1 Å². The first-order valence-electron chi connectivity index (χ1n) is 7.40. The summed E-state index contributed by atoms with van der Waals surface area (Å²) in [4.78, 5) is 13.1. The fourth-order valence-corrected chi connectivity index (χ4v) is 2.98. The summed E-state index contributed by atoms with van der Waals surface area (Å²) in [6.07, 6.45) is 4.62. The van der Waals surface area contributed by atoms with Crippen LogP contribution in [0.25, 0.3) is 6.08 Å². The summed E-state index contributed by atoms with van der Waals surface area (Å²) in [6, 6.07) is 13.1. The molecule has 0 bridgehead atoms. The van der Waals surface area contributed by atoms with Gasteiger partial charge < -0.3 is 9.64 Å². The normalized spacial score (nSPS) is 16.1. The van der Waals surface area contributed by atoms with Gasteiger partial charge in [-0.1, -0.05) is 24.3 Å². The number of hydrogen-bond acceptors (Lipinski definition) is 4. The molecule has 1 heterocycles. The van der Waals surface area contributed by atoms with Gasteiger partial charge in [-0.2, -0.15) is 0 Å². The van der Waals surface area contributed by atoms with E-state index in [-0.39, 0.29) is 16.7 Å². The summed E-state index contributed by atoms with van der Waals surface area (Å²) < 4.78 is 5.22. The monoisotopic (exact) mass is 310 g/mol. The van der Waals surface area contributed by atoms with E-state index >= 15 is 0 Å². The molecule has 0 amide bonds. The van der Waals surface area contributed by atoms with E-state index in [4.69, 9.17) is 4.74 Å². The quantitative estimate of drug-likeness (QED) is 0.636. The van der Waals surface area contributed by atoms with Crippen molar-refractivity contribution in [2.45, 2.75) is 12.5 Å². The lowest BCUT2D eigenvalue weighted by molar-refractivity contribution is -0.385. The second-order valence-electron chi connectivity index (χ2n) is 5.58. The first-order chi connectivity index (χ1) is 11.1. The summed E-state index contributed by atoms with van der Waals surface area (Å²) in [6.45, 7) is 0. The Morgan fingerprint density at radius 1 is 1.26 bits per heavy atom. The van der Waals surface area contributed by atoms with Gasteiger partial charge in [0.25, 0.3) is 5.69 Å². The van der Waals surface area contributed by atoms with Crippen LogP contribution in [0.15, 0.2) is 48.7 Å². The number of likely N-dealkylation sites (N-methyl/N-ethyl adjacent to an activating group) is 1. The van der Waals surface area contributed by atoms with Crippen LogP contribution in [0.1, 0.15) is 22.7 Å². The maximum Gasteiger partial charge on any atom is 0.272 e. The predicted octanol–water partition coefficient (Wildman–Crippen LogP) is 3.80. The molecule has 1 unspecified atom stereocenters. The molecule has 1 atom stereocenters. The number of ether oxygens (including phenoxy) is 1. The van der Waals surface area contributed by atoms with Gasteiger partial charge >= 0.3 is 0 Å². The summed E-state index contributed by atoms with van der Waals surface area (Å²) in [5, 5.41) is 11.3. The predicted molar refractivity (Wildman–Crippen MR) is 89.3 cm³/mol. The summed E-state index contributed by atoms with van der Waals surface area (Å²) in [5.74, 6) is 0.632. The van der Waals surface area contributed by atoms with E-state index in [0.29, 0.717) is 17.7 Å². The zero-order chi connectivity index (χ0) is 16.4. The molecule has 1 aliphatic heterocycles. The van der Waals surface area contributed by atoms with Crippen molar-refractivity contribution in [1.82, 2.24) is 4.90 Å². The van der Waals surface area contributed by atoms with Gasteiger partial charge in [0.2, 0.25) is 0 Å². The highest BCUT2D eigenvalue weighted by atomic mass is 16.6. The lowest BCUT2D eigenvalue weighted by Crippen LogP contribution is -2.24. The minimum Gasteiger partial charge on any atom is -0.497 e. The molecular weight excluding hydrogens is 292 g/mol. The van der Waals surface area contributed by atoms with Gasteiger partial charge in [0, 0.05) is 25.1 Å². The van der Waals surface area contributed by atoms with Crippen LogP contribution in [0, 0.1) is 10.1 Å². The summed E-state index contributed by atoms with van der Waals surface area (Å²) >= 11 is 0. The number of nitro groups is 1. The summed E-state index contributed by atoms with van der Waals surface area (Å²) in [7, 11) is 3.55. The number of hydrogen-bond donors (Lipinski definition) is 0. The molecule has 0 radical (unpaired) electrons. The first-order valence-corrected chi connectivity index (χ1v) is 7.40. The highest BCUT2D eigenvalue weighted by Gasteiger charge is 2.25. The maximum atomic E-state index is 11.3. The topological polar surface area (TPSA) is 55.6 Å². The van der Waals surface area contributed by atoms with Crippen LogP contribution in [0.4, 0.5) is 5.69 Å². The van der Waals surface area contributed by atoms with Gasteiger partial charge in [-0.3, -0.25) is 10.1 Å². The Hall–Kier alpha value is -2.82. The number of methoxy groups -OCH3 is 1. The van der Waals surface area contributed by atoms with Crippen molar-refractivity contribution in [3.8, 4) is 5.75 Å². The molecule has 5 heteroatoms. The SMILES string of the molecule is COc1ccc([N+](=O)[O-])c(CC2c3ccccc3C=CN2C)c1. The fraction of sp³-hybridized carbons (Fsp3) is 0.222. The van der Waals surface area contributed by atoms with E-state index in [1.807, 2.05) is 25.4 Å². The van der Waals surface area contributed by atoms with Gasteiger partial charge in [-0.15, -0.1) is 0 Å². The molecule has 0 spiro atoms. The Morgan fingerprint density at radius 3 is 2.78 bits per heavy atom. The van der Waals surface area contributed by atoms with E-state index in [1.54, 1.807) is 19.2 Å². The van der Waals surface area contributed by atoms with Crippen molar-refractivity contribution >= 4 is 11.8 Å². The van der Waals surface area contributed by atoms with Gasteiger partial charge in [-0.25, -0.2) is 0 Å². The molecule has 0 fully saturated rings. The third-order valence-electron chi connectivity index (χ3n) is 4.23. The van der Waals surface area contributed by atoms with Gasteiger partial charge in [-0.05, 0) is 35.5 Å². The molecule has 0 saturated heterocycles. The fourth-order valence-electron chi connectivity index (χ4n) is 2.98. The van der Waals surface area contributed by atoms with Crippen LogP contribution in [0.2, 0.25) is 0 Å².